The Morgan fingerprint density at radius 2 is 2.41 bits per heavy atom. The third-order valence-corrected chi connectivity index (χ3v) is 2.98. The summed E-state index contributed by atoms with van der Waals surface area (Å²) in [5, 5.41) is 12.2. The number of ether oxygens (including phenoxy) is 1. The van der Waals surface area contributed by atoms with E-state index in [1.165, 1.54) is 12.8 Å². The van der Waals surface area contributed by atoms with Gasteiger partial charge in [0.1, 0.15) is 16.9 Å². The first-order valence-corrected chi connectivity index (χ1v) is 6.05. The Morgan fingerprint density at radius 1 is 1.59 bits per heavy atom. The molecule has 1 fully saturated rings. The van der Waals surface area contributed by atoms with E-state index in [2.05, 4.69) is 10.3 Å². The largest absolute Gasteiger partial charge is 0.379 e. The van der Waals surface area contributed by atoms with Gasteiger partial charge in [0.25, 0.3) is 0 Å². The van der Waals surface area contributed by atoms with Crippen LogP contribution in [0, 0.1) is 17.2 Å². The molecule has 0 aromatic carbocycles. The summed E-state index contributed by atoms with van der Waals surface area (Å²) in [5.41, 5.74) is 0.433. The third kappa shape index (κ3) is 3.58. The number of pyridine rings is 1. The van der Waals surface area contributed by atoms with Crippen LogP contribution in [0.25, 0.3) is 0 Å². The Bertz CT molecular complexity index is 426. The van der Waals surface area contributed by atoms with Crippen LogP contribution in [-0.2, 0) is 4.74 Å². The first-order chi connectivity index (χ1) is 8.31. The summed E-state index contributed by atoms with van der Waals surface area (Å²) in [4.78, 5) is 4.08. The van der Waals surface area contributed by atoms with Gasteiger partial charge in [-0.3, -0.25) is 0 Å². The molecule has 0 radical (unpaired) electrons. The second-order valence-electron chi connectivity index (χ2n) is 4.08. The van der Waals surface area contributed by atoms with Crippen molar-refractivity contribution in [3.63, 3.8) is 0 Å². The van der Waals surface area contributed by atoms with Gasteiger partial charge in [-0.05, 0) is 24.8 Å². The van der Waals surface area contributed by atoms with Gasteiger partial charge in [0, 0.05) is 19.3 Å². The van der Waals surface area contributed by atoms with E-state index in [-0.39, 0.29) is 0 Å². The van der Waals surface area contributed by atoms with Crippen molar-refractivity contribution in [1.29, 1.82) is 5.26 Å². The maximum atomic E-state index is 8.81. The highest BCUT2D eigenvalue weighted by Crippen LogP contribution is 2.28. The fourth-order valence-corrected chi connectivity index (χ4v) is 1.65. The Labute approximate surface area is 106 Å². The van der Waals surface area contributed by atoms with Crippen molar-refractivity contribution in [1.82, 2.24) is 4.98 Å². The number of anilines is 1. The van der Waals surface area contributed by atoms with Gasteiger partial charge >= 0.3 is 0 Å². The van der Waals surface area contributed by atoms with E-state index in [1.807, 2.05) is 6.07 Å². The minimum Gasteiger partial charge on any atom is -0.379 e. The van der Waals surface area contributed by atoms with Gasteiger partial charge < -0.3 is 10.1 Å². The van der Waals surface area contributed by atoms with Crippen molar-refractivity contribution >= 4 is 17.4 Å². The van der Waals surface area contributed by atoms with Gasteiger partial charge in [-0.2, -0.15) is 5.26 Å². The normalized spacial score (nSPS) is 14.4. The van der Waals surface area contributed by atoms with Crippen molar-refractivity contribution in [2.75, 3.05) is 25.1 Å². The van der Waals surface area contributed by atoms with Crippen molar-refractivity contribution in [2.45, 2.75) is 12.8 Å². The lowest BCUT2D eigenvalue weighted by atomic mass is 10.3. The maximum absolute atomic E-state index is 8.81. The lowest BCUT2D eigenvalue weighted by molar-refractivity contribution is 0.134. The van der Waals surface area contributed by atoms with E-state index in [4.69, 9.17) is 21.6 Å². The molecular formula is C12H14ClN3O. The zero-order valence-electron chi connectivity index (χ0n) is 9.45. The summed E-state index contributed by atoms with van der Waals surface area (Å²) in [6, 6.07) is 3.61. The van der Waals surface area contributed by atoms with Crippen LogP contribution in [0.1, 0.15) is 18.4 Å². The van der Waals surface area contributed by atoms with E-state index in [1.54, 1.807) is 12.3 Å². The van der Waals surface area contributed by atoms with Gasteiger partial charge in [0.15, 0.2) is 0 Å². The van der Waals surface area contributed by atoms with Gasteiger partial charge in [-0.15, -0.1) is 0 Å². The number of hydrogen-bond donors (Lipinski definition) is 1. The van der Waals surface area contributed by atoms with Crippen LogP contribution in [0.4, 0.5) is 5.82 Å². The van der Waals surface area contributed by atoms with Crippen molar-refractivity contribution in [2.24, 2.45) is 5.92 Å². The first-order valence-electron chi connectivity index (χ1n) is 5.67. The topological polar surface area (TPSA) is 57.9 Å². The minimum absolute atomic E-state index is 0.372. The summed E-state index contributed by atoms with van der Waals surface area (Å²) in [6.07, 6.45) is 4.16. The van der Waals surface area contributed by atoms with Gasteiger partial charge in [-0.1, -0.05) is 11.6 Å². The average molecular weight is 252 g/mol. The zero-order valence-corrected chi connectivity index (χ0v) is 10.2. The second-order valence-corrected chi connectivity index (χ2v) is 4.46. The molecule has 0 aliphatic heterocycles. The van der Waals surface area contributed by atoms with Crippen LogP contribution in [0.2, 0.25) is 5.02 Å². The lowest BCUT2D eigenvalue weighted by Gasteiger charge is -2.08. The molecule has 0 unspecified atom stereocenters. The van der Waals surface area contributed by atoms with Crippen molar-refractivity contribution in [3.05, 3.63) is 22.8 Å². The van der Waals surface area contributed by atoms with Crippen LogP contribution < -0.4 is 5.32 Å². The molecule has 0 saturated heterocycles. The molecule has 1 aromatic heterocycles. The fraction of sp³-hybridized carbons (Fsp3) is 0.500. The van der Waals surface area contributed by atoms with E-state index in [0.717, 1.165) is 12.5 Å². The SMILES string of the molecule is N#Cc1ccnc(NCCOCC2CC2)c1Cl. The van der Waals surface area contributed by atoms with Crippen LogP contribution in [0.15, 0.2) is 12.3 Å². The molecule has 1 aromatic rings. The molecule has 0 spiro atoms. The van der Waals surface area contributed by atoms with Crippen molar-refractivity contribution < 1.29 is 4.74 Å². The molecule has 1 saturated carbocycles. The average Bonchev–Trinajstić information content (AvgIpc) is 3.15. The molecule has 0 bridgehead atoms. The summed E-state index contributed by atoms with van der Waals surface area (Å²) in [5.74, 6) is 1.32. The molecule has 2 rings (SSSR count). The molecule has 0 amide bonds. The minimum atomic E-state index is 0.372. The van der Waals surface area contributed by atoms with Gasteiger partial charge in [-0.25, -0.2) is 4.98 Å². The van der Waals surface area contributed by atoms with Gasteiger partial charge in [0.05, 0.1) is 12.2 Å². The summed E-state index contributed by atoms with van der Waals surface area (Å²) in [7, 11) is 0. The van der Waals surface area contributed by atoms with Crippen LogP contribution >= 0.6 is 11.6 Å². The Morgan fingerprint density at radius 3 is 3.12 bits per heavy atom. The molecule has 0 atom stereocenters. The highest BCUT2D eigenvalue weighted by Gasteiger charge is 2.20. The highest BCUT2D eigenvalue weighted by atomic mass is 35.5. The zero-order chi connectivity index (χ0) is 12.1. The third-order valence-electron chi connectivity index (χ3n) is 2.60. The Kier molecular flexibility index (Phi) is 4.18. The molecular weight excluding hydrogens is 238 g/mol. The van der Waals surface area contributed by atoms with E-state index < -0.39 is 0 Å². The van der Waals surface area contributed by atoms with E-state index >= 15 is 0 Å². The van der Waals surface area contributed by atoms with E-state index in [0.29, 0.717) is 29.6 Å². The quantitative estimate of drug-likeness (QED) is 0.789. The number of nitrogens with zero attached hydrogens (tertiary/aromatic N) is 2. The van der Waals surface area contributed by atoms with Crippen molar-refractivity contribution in [3.8, 4) is 6.07 Å². The summed E-state index contributed by atoms with van der Waals surface area (Å²) >= 11 is 5.99. The fourth-order valence-electron chi connectivity index (χ4n) is 1.43. The first kappa shape index (κ1) is 12.2. The van der Waals surface area contributed by atoms with Crippen LogP contribution in [0.5, 0.6) is 0 Å². The van der Waals surface area contributed by atoms with E-state index in [9.17, 15) is 0 Å². The molecule has 4 nitrogen and oxygen atoms in total. The molecule has 1 aliphatic carbocycles. The number of nitrogens with one attached hydrogen (secondary N) is 1. The summed E-state index contributed by atoms with van der Waals surface area (Å²) < 4.78 is 5.48. The number of halogens is 1. The molecule has 90 valence electrons. The number of nitriles is 1. The number of aromatic nitrogens is 1. The predicted molar refractivity (Wildman–Crippen MR) is 66.0 cm³/mol. The van der Waals surface area contributed by atoms with Crippen LogP contribution in [-0.4, -0.2) is 24.7 Å². The number of hydrogen-bond acceptors (Lipinski definition) is 4. The Hall–Kier alpha value is -1.31. The smallest absolute Gasteiger partial charge is 0.146 e. The molecule has 1 aliphatic rings. The number of rotatable bonds is 6. The highest BCUT2D eigenvalue weighted by molar-refractivity contribution is 6.34. The molecule has 1 heterocycles. The summed E-state index contributed by atoms with van der Waals surface area (Å²) in [6.45, 7) is 2.13. The standard InChI is InChI=1S/C12H14ClN3O/c13-11-10(7-14)3-4-15-12(11)16-5-6-17-8-9-1-2-9/h3-4,9H,1-2,5-6,8H2,(H,15,16). The van der Waals surface area contributed by atoms with Crippen LogP contribution in [0.3, 0.4) is 0 Å². The Balaban J connectivity index is 1.75. The monoisotopic (exact) mass is 251 g/mol. The predicted octanol–water partition coefficient (Wildman–Crippen LogP) is 2.45. The molecule has 1 N–H and O–H groups in total. The molecule has 5 heteroatoms. The lowest BCUT2D eigenvalue weighted by Crippen LogP contribution is -2.12. The maximum Gasteiger partial charge on any atom is 0.146 e. The van der Waals surface area contributed by atoms with Gasteiger partial charge in [0.2, 0.25) is 0 Å². The second kappa shape index (κ2) is 5.85. The molecule has 17 heavy (non-hydrogen) atoms.